The van der Waals surface area contributed by atoms with Crippen molar-refractivity contribution in [2.24, 2.45) is 5.10 Å². The number of unbranched alkanes of at least 4 members (excludes halogenated alkanes) is 2. The molecular formula is C17H22N4O2. The average molecular weight is 314 g/mol. The zero-order valence-electron chi connectivity index (χ0n) is 13.5. The first-order valence-corrected chi connectivity index (χ1v) is 7.77. The van der Waals surface area contributed by atoms with Gasteiger partial charge in [-0.1, -0.05) is 19.8 Å². The SMILES string of the molecule is CCCCCOc1ccc(/C=N/Nc2nc(C)cc(=O)[nH]2)cc1. The monoisotopic (exact) mass is 314 g/mol. The van der Waals surface area contributed by atoms with Crippen LogP contribution in [0, 0.1) is 6.92 Å². The van der Waals surface area contributed by atoms with E-state index < -0.39 is 0 Å². The summed E-state index contributed by atoms with van der Waals surface area (Å²) in [5.41, 5.74) is 4.06. The Labute approximate surface area is 135 Å². The maximum atomic E-state index is 11.3. The van der Waals surface area contributed by atoms with Crippen molar-refractivity contribution < 1.29 is 4.74 Å². The largest absolute Gasteiger partial charge is 0.494 e. The number of hydrogen-bond donors (Lipinski definition) is 2. The summed E-state index contributed by atoms with van der Waals surface area (Å²) in [7, 11) is 0. The van der Waals surface area contributed by atoms with Crippen LogP contribution in [0.5, 0.6) is 5.75 Å². The first-order chi connectivity index (χ1) is 11.2. The number of aryl methyl sites for hydroxylation is 1. The van der Waals surface area contributed by atoms with Gasteiger partial charge in [0.2, 0.25) is 5.95 Å². The zero-order valence-corrected chi connectivity index (χ0v) is 13.5. The van der Waals surface area contributed by atoms with Crippen molar-refractivity contribution in [3.05, 3.63) is 51.9 Å². The summed E-state index contributed by atoms with van der Waals surface area (Å²) in [4.78, 5) is 18.0. The lowest BCUT2D eigenvalue weighted by Crippen LogP contribution is -2.10. The molecule has 0 atom stereocenters. The van der Waals surface area contributed by atoms with E-state index in [0.717, 1.165) is 24.3 Å². The van der Waals surface area contributed by atoms with E-state index in [2.05, 4.69) is 27.4 Å². The summed E-state index contributed by atoms with van der Waals surface area (Å²) in [5.74, 6) is 1.18. The maximum Gasteiger partial charge on any atom is 0.252 e. The molecule has 2 rings (SSSR count). The number of hydrogen-bond acceptors (Lipinski definition) is 5. The first kappa shape index (κ1) is 16.7. The van der Waals surface area contributed by atoms with Crippen LogP contribution in [0.1, 0.15) is 37.4 Å². The smallest absolute Gasteiger partial charge is 0.252 e. The fourth-order valence-corrected chi connectivity index (χ4v) is 1.99. The highest BCUT2D eigenvalue weighted by Crippen LogP contribution is 2.12. The molecule has 0 spiro atoms. The number of aromatic amines is 1. The third kappa shape index (κ3) is 5.94. The molecule has 1 aromatic carbocycles. The summed E-state index contributed by atoms with van der Waals surface area (Å²) in [6.07, 6.45) is 5.10. The van der Waals surface area contributed by atoms with Crippen LogP contribution in [-0.4, -0.2) is 22.8 Å². The molecule has 2 aromatic rings. The van der Waals surface area contributed by atoms with Gasteiger partial charge in [0.05, 0.1) is 12.8 Å². The Morgan fingerprint density at radius 2 is 2.09 bits per heavy atom. The van der Waals surface area contributed by atoms with Crippen molar-refractivity contribution in [3.63, 3.8) is 0 Å². The van der Waals surface area contributed by atoms with Gasteiger partial charge in [0.15, 0.2) is 0 Å². The lowest BCUT2D eigenvalue weighted by Gasteiger charge is -2.05. The Morgan fingerprint density at radius 1 is 1.30 bits per heavy atom. The number of rotatable bonds is 8. The molecule has 0 fully saturated rings. The number of H-pyrrole nitrogens is 1. The van der Waals surface area contributed by atoms with Gasteiger partial charge in [-0.2, -0.15) is 5.10 Å². The molecule has 2 N–H and O–H groups in total. The summed E-state index contributed by atoms with van der Waals surface area (Å²) < 4.78 is 5.65. The summed E-state index contributed by atoms with van der Waals surface area (Å²) in [6.45, 7) is 4.67. The maximum absolute atomic E-state index is 11.3. The van der Waals surface area contributed by atoms with Crippen molar-refractivity contribution in [2.75, 3.05) is 12.0 Å². The molecule has 6 heteroatoms. The minimum Gasteiger partial charge on any atom is -0.494 e. The van der Waals surface area contributed by atoms with E-state index in [1.54, 1.807) is 13.1 Å². The minimum absolute atomic E-state index is 0.209. The molecule has 0 bridgehead atoms. The minimum atomic E-state index is -0.209. The highest BCUT2D eigenvalue weighted by molar-refractivity contribution is 5.80. The summed E-state index contributed by atoms with van der Waals surface area (Å²) in [5, 5.41) is 4.06. The predicted molar refractivity (Wildman–Crippen MR) is 92.3 cm³/mol. The number of nitrogens with zero attached hydrogens (tertiary/aromatic N) is 2. The second-order valence-corrected chi connectivity index (χ2v) is 5.23. The van der Waals surface area contributed by atoms with Gasteiger partial charge >= 0.3 is 0 Å². The third-order valence-electron chi connectivity index (χ3n) is 3.15. The second-order valence-electron chi connectivity index (χ2n) is 5.23. The number of nitrogens with one attached hydrogen (secondary N) is 2. The van der Waals surface area contributed by atoms with E-state index in [0.29, 0.717) is 11.6 Å². The quantitative estimate of drug-likeness (QED) is 0.446. The molecule has 0 radical (unpaired) electrons. The van der Waals surface area contributed by atoms with E-state index in [1.165, 1.54) is 18.9 Å². The standard InChI is InChI=1S/C17H22N4O2/c1-3-4-5-10-23-15-8-6-14(7-9-15)12-18-21-17-19-13(2)11-16(22)20-17/h6-9,11-12H,3-5,10H2,1-2H3,(H2,19,20,21,22)/b18-12+. The third-order valence-corrected chi connectivity index (χ3v) is 3.15. The topological polar surface area (TPSA) is 79.4 Å². The van der Waals surface area contributed by atoms with Crippen LogP contribution in [0.2, 0.25) is 0 Å². The molecule has 23 heavy (non-hydrogen) atoms. The van der Waals surface area contributed by atoms with Crippen LogP contribution in [0.3, 0.4) is 0 Å². The van der Waals surface area contributed by atoms with Crippen LogP contribution < -0.4 is 15.7 Å². The van der Waals surface area contributed by atoms with Crippen molar-refractivity contribution in [1.29, 1.82) is 0 Å². The number of hydrazone groups is 1. The Hall–Kier alpha value is -2.63. The van der Waals surface area contributed by atoms with Gasteiger partial charge in [0.25, 0.3) is 5.56 Å². The van der Waals surface area contributed by atoms with Gasteiger partial charge in [0, 0.05) is 11.8 Å². The number of ether oxygens (including phenoxy) is 1. The Kier molecular flexibility index (Phi) is 6.35. The van der Waals surface area contributed by atoms with Gasteiger partial charge in [-0.3, -0.25) is 9.78 Å². The lowest BCUT2D eigenvalue weighted by atomic mass is 10.2. The molecule has 0 unspecified atom stereocenters. The Bertz CT molecular complexity index is 692. The molecule has 6 nitrogen and oxygen atoms in total. The van der Waals surface area contributed by atoms with Crippen LogP contribution in [0.4, 0.5) is 5.95 Å². The molecule has 0 saturated carbocycles. The van der Waals surface area contributed by atoms with Crippen molar-refractivity contribution >= 4 is 12.2 Å². The van der Waals surface area contributed by atoms with Gasteiger partial charge in [0.1, 0.15) is 5.75 Å². The molecule has 0 aliphatic heterocycles. The van der Waals surface area contributed by atoms with Crippen molar-refractivity contribution in [2.45, 2.75) is 33.1 Å². The molecule has 0 amide bonds. The molecule has 0 saturated heterocycles. The molecule has 1 aromatic heterocycles. The van der Waals surface area contributed by atoms with E-state index in [-0.39, 0.29) is 5.56 Å². The van der Waals surface area contributed by atoms with E-state index >= 15 is 0 Å². The van der Waals surface area contributed by atoms with Crippen LogP contribution in [0.25, 0.3) is 0 Å². The number of benzene rings is 1. The lowest BCUT2D eigenvalue weighted by molar-refractivity contribution is 0.306. The van der Waals surface area contributed by atoms with E-state index in [4.69, 9.17) is 4.74 Å². The van der Waals surface area contributed by atoms with Gasteiger partial charge in [-0.15, -0.1) is 0 Å². The van der Waals surface area contributed by atoms with Crippen molar-refractivity contribution in [1.82, 2.24) is 9.97 Å². The molecule has 1 heterocycles. The van der Waals surface area contributed by atoms with Crippen LogP contribution >= 0.6 is 0 Å². The molecular weight excluding hydrogens is 292 g/mol. The average Bonchev–Trinajstić information content (AvgIpc) is 2.52. The number of aromatic nitrogens is 2. The first-order valence-electron chi connectivity index (χ1n) is 7.77. The molecule has 122 valence electrons. The van der Waals surface area contributed by atoms with Crippen molar-refractivity contribution in [3.8, 4) is 5.75 Å². The van der Waals surface area contributed by atoms with Gasteiger partial charge in [-0.05, 0) is 43.2 Å². The van der Waals surface area contributed by atoms with Crippen LogP contribution in [0.15, 0.2) is 40.2 Å². The van der Waals surface area contributed by atoms with E-state index in [9.17, 15) is 4.79 Å². The van der Waals surface area contributed by atoms with Gasteiger partial charge in [-0.25, -0.2) is 10.4 Å². The Morgan fingerprint density at radius 3 is 2.78 bits per heavy atom. The number of anilines is 1. The predicted octanol–water partition coefficient (Wildman–Crippen LogP) is 3.09. The summed E-state index contributed by atoms with van der Waals surface area (Å²) in [6, 6.07) is 9.10. The van der Waals surface area contributed by atoms with Gasteiger partial charge < -0.3 is 4.74 Å². The fraction of sp³-hybridized carbons (Fsp3) is 0.353. The highest BCUT2D eigenvalue weighted by atomic mass is 16.5. The normalized spacial score (nSPS) is 10.9. The van der Waals surface area contributed by atoms with E-state index in [1.807, 2.05) is 24.3 Å². The van der Waals surface area contributed by atoms with Crippen LogP contribution in [-0.2, 0) is 0 Å². The zero-order chi connectivity index (χ0) is 16.5. The molecule has 0 aliphatic rings. The second kappa shape index (κ2) is 8.73. The molecule has 0 aliphatic carbocycles. The summed E-state index contributed by atoms with van der Waals surface area (Å²) >= 11 is 0. The highest BCUT2D eigenvalue weighted by Gasteiger charge is 1.96. The fourth-order valence-electron chi connectivity index (χ4n) is 1.99. The Balaban J connectivity index is 1.86.